The van der Waals surface area contributed by atoms with Gasteiger partial charge in [-0.15, -0.1) is 0 Å². The number of amides is 1. The second-order valence-corrected chi connectivity index (χ2v) is 11.1. The summed E-state index contributed by atoms with van der Waals surface area (Å²) in [6, 6.07) is 0. The Labute approximate surface area is 157 Å². The molecule has 1 aromatic heterocycles. The van der Waals surface area contributed by atoms with E-state index in [1.165, 1.54) is 23.3 Å². The Balaban J connectivity index is 1.70. The van der Waals surface area contributed by atoms with Crippen LogP contribution in [0.15, 0.2) is 12.5 Å². The molecule has 1 amide bonds. The minimum atomic E-state index is -3.36. The quantitative estimate of drug-likeness (QED) is 0.338. The number of aromatic amines is 1. The molecule has 0 saturated heterocycles. The Morgan fingerprint density at radius 3 is 2.80 bits per heavy atom. The summed E-state index contributed by atoms with van der Waals surface area (Å²) in [6.45, 7) is 0.00896. The summed E-state index contributed by atoms with van der Waals surface area (Å²) >= 11 is 1.29. The van der Waals surface area contributed by atoms with Gasteiger partial charge in [0.1, 0.15) is 0 Å². The molecule has 0 bridgehead atoms. The Morgan fingerprint density at radius 1 is 1.44 bits per heavy atom. The number of nitrogens with one attached hydrogen (secondary N) is 2. The fraction of sp³-hybridized carbons (Fsp3) is 0.750. The zero-order valence-electron chi connectivity index (χ0n) is 14.4. The van der Waals surface area contributed by atoms with Gasteiger partial charge in [0.2, 0.25) is 0 Å². The molecule has 0 spiro atoms. The van der Waals surface area contributed by atoms with Crippen molar-refractivity contribution < 1.29 is 19.4 Å². The van der Waals surface area contributed by atoms with E-state index >= 15 is 0 Å². The van der Waals surface area contributed by atoms with Crippen LogP contribution >= 0.6 is 7.37 Å². The van der Waals surface area contributed by atoms with Crippen molar-refractivity contribution in [3.8, 4) is 0 Å². The summed E-state index contributed by atoms with van der Waals surface area (Å²) in [5.74, 6) is 0.130. The van der Waals surface area contributed by atoms with Crippen LogP contribution in [-0.4, -0.2) is 67.7 Å². The zero-order valence-corrected chi connectivity index (χ0v) is 17.8. The van der Waals surface area contributed by atoms with E-state index in [0.29, 0.717) is 12.3 Å². The van der Waals surface area contributed by atoms with Crippen molar-refractivity contribution in [3.63, 3.8) is 0 Å². The standard InChI is InChI=1S/C16H29AsN3O4P/c17-15(6-13-7-18-11-20-13)16(22)19-8-14(21)10-25(23,24)9-12-4-2-1-3-5-12/h7,11-12,14-15,21H,1-6,8-10,17H2,(H,18,20)(H,19,22)(H,23,24)/t14-,15+/m1/s1. The van der Waals surface area contributed by atoms with Crippen molar-refractivity contribution in [2.24, 2.45) is 5.92 Å². The van der Waals surface area contributed by atoms with Crippen molar-refractivity contribution in [1.29, 1.82) is 0 Å². The van der Waals surface area contributed by atoms with Gasteiger partial charge in [-0.1, -0.05) is 0 Å². The van der Waals surface area contributed by atoms with E-state index in [1.807, 2.05) is 0 Å². The predicted octanol–water partition coefficient (Wildman–Crippen LogP) is 0.702. The molecule has 2 unspecified atom stereocenters. The van der Waals surface area contributed by atoms with Crippen LogP contribution in [0.2, 0.25) is 4.71 Å². The van der Waals surface area contributed by atoms with E-state index in [-0.39, 0.29) is 29.5 Å². The molecular weight excluding hydrogens is 404 g/mol. The number of hydrogen-bond acceptors (Lipinski definition) is 4. The molecule has 1 aliphatic carbocycles. The molecule has 9 heteroatoms. The van der Waals surface area contributed by atoms with Crippen LogP contribution in [0, 0.1) is 5.92 Å². The maximum atomic E-state index is 12.4. The number of H-pyrrole nitrogens is 1. The first-order chi connectivity index (χ1) is 11.9. The fourth-order valence-electron chi connectivity index (χ4n) is 3.31. The van der Waals surface area contributed by atoms with Crippen LogP contribution in [0.25, 0.3) is 0 Å². The van der Waals surface area contributed by atoms with E-state index < -0.39 is 13.5 Å². The first kappa shape index (κ1) is 20.7. The van der Waals surface area contributed by atoms with Crippen molar-refractivity contribution in [1.82, 2.24) is 15.3 Å². The second-order valence-electron chi connectivity index (χ2n) is 6.99. The van der Waals surface area contributed by atoms with Gasteiger partial charge >= 0.3 is 157 Å². The molecule has 1 heterocycles. The number of rotatable bonds is 9. The van der Waals surface area contributed by atoms with Gasteiger partial charge in [-0.25, -0.2) is 0 Å². The molecule has 2 rings (SSSR count). The molecule has 1 saturated carbocycles. The summed E-state index contributed by atoms with van der Waals surface area (Å²) in [5.41, 5.74) is 0.817. The summed E-state index contributed by atoms with van der Waals surface area (Å²) in [6.07, 6.45) is 8.47. The molecule has 7 nitrogen and oxygen atoms in total. The third-order valence-electron chi connectivity index (χ3n) is 4.60. The van der Waals surface area contributed by atoms with Crippen molar-refractivity contribution in [2.45, 2.75) is 49.3 Å². The predicted molar refractivity (Wildman–Crippen MR) is 99.7 cm³/mol. The van der Waals surface area contributed by atoms with Crippen LogP contribution in [0.3, 0.4) is 0 Å². The Bertz CT molecular complexity index is 578. The van der Waals surface area contributed by atoms with Crippen LogP contribution in [0.4, 0.5) is 0 Å². The van der Waals surface area contributed by atoms with Gasteiger partial charge in [-0.3, -0.25) is 0 Å². The molecule has 1 aliphatic rings. The Hall–Kier alpha value is -0.612. The number of carbonyl (C=O) groups is 1. The molecule has 4 N–H and O–H groups in total. The molecular formula is C16H29AsN3O4P. The third-order valence-corrected chi connectivity index (χ3v) is 7.81. The SMILES string of the molecule is O=C(NC[C@@H](O)CP(=O)(O)CC1CCCCC1)[C@@H]([AsH2])Cc1c[nH]cn1. The van der Waals surface area contributed by atoms with Crippen LogP contribution in [-0.2, 0) is 15.8 Å². The number of imidazole rings is 1. The molecule has 142 valence electrons. The summed E-state index contributed by atoms with van der Waals surface area (Å²) in [4.78, 5) is 29.2. The summed E-state index contributed by atoms with van der Waals surface area (Å²) in [7, 11) is -3.36. The topological polar surface area (TPSA) is 115 Å². The van der Waals surface area contributed by atoms with E-state index in [9.17, 15) is 19.4 Å². The van der Waals surface area contributed by atoms with Crippen LogP contribution < -0.4 is 5.32 Å². The molecule has 0 radical (unpaired) electrons. The van der Waals surface area contributed by atoms with E-state index in [4.69, 9.17) is 0 Å². The maximum absolute atomic E-state index is 12.4. The van der Waals surface area contributed by atoms with Crippen LogP contribution in [0.1, 0.15) is 37.8 Å². The number of nitrogens with zero attached hydrogens (tertiary/aromatic N) is 1. The monoisotopic (exact) mass is 433 g/mol. The Kier molecular flexibility index (Phi) is 8.21. The average Bonchev–Trinajstić information content (AvgIpc) is 3.05. The number of aliphatic hydroxyl groups is 1. The summed E-state index contributed by atoms with van der Waals surface area (Å²) in [5, 5.41) is 12.7. The molecule has 0 aromatic carbocycles. The fourth-order valence-corrected chi connectivity index (χ4v) is 6.17. The van der Waals surface area contributed by atoms with Crippen LogP contribution in [0.5, 0.6) is 0 Å². The average molecular weight is 433 g/mol. The molecule has 0 aliphatic heterocycles. The van der Waals surface area contributed by atoms with Gasteiger partial charge in [-0.05, 0) is 0 Å². The van der Waals surface area contributed by atoms with Gasteiger partial charge in [0.25, 0.3) is 0 Å². The first-order valence-corrected chi connectivity index (χ1v) is 12.3. The first-order valence-electron chi connectivity index (χ1n) is 8.85. The molecule has 25 heavy (non-hydrogen) atoms. The van der Waals surface area contributed by atoms with Crippen molar-refractivity contribution in [3.05, 3.63) is 18.2 Å². The number of carbonyl (C=O) groups excluding carboxylic acids is 1. The van der Waals surface area contributed by atoms with Crippen molar-refractivity contribution in [2.75, 3.05) is 18.9 Å². The van der Waals surface area contributed by atoms with E-state index in [2.05, 4.69) is 15.3 Å². The van der Waals surface area contributed by atoms with Gasteiger partial charge in [0, 0.05) is 0 Å². The van der Waals surface area contributed by atoms with Gasteiger partial charge < -0.3 is 0 Å². The number of aliphatic hydroxyl groups excluding tert-OH is 1. The second kappa shape index (κ2) is 9.91. The van der Waals surface area contributed by atoms with Gasteiger partial charge in [-0.2, -0.15) is 0 Å². The summed E-state index contributed by atoms with van der Waals surface area (Å²) < 4.78 is 12.1. The normalized spacial score (nSPS) is 20.6. The third kappa shape index (κ3) is 7.65. The number of aromatic nitrogens is 2. The number of hydrogen-bond donors (Lipinski definition) is 4. The van der Waals surface area contributed by atoms with E-state index in [1.54, 1.807) is 12.5 Å². The Morgan fingerprint density at radius 2 is 2.16 bits per heavy atom. The van der Waals surface area contributed by atoms with Crippen molar-refractivity contribution >= 4 is 30.1 Å². The zero-order chi connectivity index (χ0) is 18.3. The molecule has 1 aromatic rings. The van der Waals surface area contributed by atoms with Gasteiger partial charge in [0.05, 0.1) is 0 Å². The van der Waals surface area contributed by atoms with Gasteiger partial charge in [0.15, 0.2) is 0 Å². The molecule has 4 atom stereocenters. The minimum absolute atomic E-state index is 0.00896. The van der Waals surface area contributed by atoms with E-state index in [0.717, 1.165) is 31.4 Å². The molecule has 1 fully saturated rings.